The number of nitrogens with zero attached hydrogens (tertiary/aromatic N) is 4. The Morgan fingerprint density at radius 1 is 1.29 bits per heavy atom. The lowest BCUT2D eigenvalue weighted by Crippen LogP contribution is -2.38. The molecule has 2 aromatic heterocycles. The molecule has 1 aliphatic carbocycles. The number of aromatic amines is 1. The first-order chi connectivity index (χ1) is 11.8. The molecular weight excluding hydrogens is 300 g/mol. The van der Waals surface area contributed by atoms with E-state index in [0.717, 1.165) is 41.8 Å². The maximum absolute atomic E-state index is 4.84. The highest BCUT2D eigenvalue weighted by molar-refractivity contribution is 5.90. The number of aromatic nitrogens is 4. The molecule has 1 saturated carbocycles. The average Bonchev–Trinajstić information content (AvgIpc) is 3.28. The maximum atomic E-state index is 4.84. The molecule has 0 atom stereocenters. The van der Waals surface area contributed by atoms with E-state index in [2.05, 4.69) is 45.3 Å². The van der Waals surface area contributed by atoms with Gasteiger partial charge in [-0.25, -0.2) is 4.98 Å². The van der Waals surface area contributed by atoms with Gasteiger partial charge in [0.15, 0.2) is 0 Å². The average molecular weight is 324 g/mol. The summed E-state index contributed by atoms with van der Waals surface area (Å²) in [4.78, 5) is 11.9. The standard InChI is InChI=1S/C18H24N6/c1-3-19-18-21-12(2)15-10-13(16-8-9-20-23-16)11-24(17(15)22-18)14-6-4-5-7-14/h8-10,14H,3-7,11H2,1-2H3,(H,20,23)(H,19,21,22). The summed E-state index contributed by atoms with van der Waals surface area (Å²) in [5.41, 5.74) is 4.40. The predicted octanol–water partition coefficient (Wildman–Crippen LogP) is 3.24. The smallest absolute Gasteiger partial charge is 0.224 e. The van der Waals surface area contributed by atoms with E-state index in [1.807, 2.05) is 12.3 Å². The Kier molecular flexibility index (Phi) is 3.96. The highest BCUT2D eigenvalue weighted by atomic mass is 15.3. The molecule has 6 nitrogen and oxygen atoms in total. The molecule has 0 saturated heterocycles. The summed E-state index contributed by atoms with van der Waals surface area (Å²) in [5.74, 6) is 1.80. The summed E-state index contributed by atoms with van der Waals surface area (Å²) in [7, 11) is 0. The van der Waals surface area contributed by atoms with Gasteiger partial charge in [-0.2, -0.15) is 10.1 Å². The van der Waals surface area contributed by atoms with Crippen molar-refractivity contribution in [3.05, 3.63) is 29.2 Å². The molecule has 6 heteroatoms. The van der Waals surface area contributed by atoms with E-state index in [-0.39, 0.29) is 0 Å². The molecule has 2 aliphatic rings. The van der Waals surface area contributed by atoms with Crippen molar-refractivity contribution in [1.29, 1.82) is 0 Å². The van der Waals surface area contributed by atoms with Crippen LogP contribution >= 0.6 is 0 Å². The zero-order valence-electron chi connectivity index (χ0n) is 14.3. The summed E-state index contributed by atoms with van der Waals surface area (Å²) < 4.78 is 0. The molecule has 0 unspecified atom stereocenters. The van der Waals surface area contributed by atoms with Crippen LogP contribution < -0.4 is 10.2 Å². The van der Waals surface area contributed by atoms with Crippen LogP contribution in [0.25, 0.3) is 11.6 Å². The number of hydrogen-bond acceptors (Lipinski definition) is 5. The van der Waals surface area contributed by atoms with E-state index in [1.165, 1.54) is 31.3 Å². The van der Waals surface area contributed by atoms with Gasteiger partial charge in [0.1, 0.15) is 5.82 Å². The molecule has 3 heterocycles. The Hall–Kier alpha value is -2.37. The Morgan fingerprint density at radius 3 is 2.83 bits per heavy atom. The second kappa shape index (κ2) is 6.26. The largest absolute Gasteiger partial charge is 0.354 e. The highest BCUT2D eigenvalue weighted by Crippen LogP contribution is 2.37. The molecule has 2 N–H and O–H groups in total. The Labute approximate surface area is 142 Å². The van der Waals surface area contributed by atoms with Crippen LogP contribution in [-0.4, -0.2) is 39.3 Å². The Bertz CT molecular complexity index is 743. The van der Waals surface area contributed by atoms with Crippen molar-refractivity contribution in [1.82, 2.24) is 20.2 Å². The number of hydrogen-bond donors (Lipinski definition) is 2. The summed E-state index contributed by atoms with van der Waals surface area (Å²) >= 11 is 0. The third-order valence-electron chi connectivity index (χ3n) is 4.98. The zero-order chi connectivity index (χ0) is 16.5. The first-order valence-corrected chi connectivity index (χ1v) is 8.86. The van der Waals surface area contributed by atoms with E-state index in [4.69, 9.17) is 4.98 Å². The molecule has 0 spiro atoms. The van der Waals surface area contributed by atoms with E-state index in [0.29, 0.717) is 6.04 Å². The summed E-state index contributed by atoms with van der Waals surface area (Å²) in [5, 5.41) is 10.6. The zero-order valence-corrected chi connectivity index (χ0v) is 14.3. The molecule has 4 rings (SSSR count). The van der Waals surface area contributed by atoms with Crippen LogP contribution in [0.3, 0.4) is 0 Å². The van der Waals surface area contributed by atoms with Gasteiger partial charge in [0.05, 0.1) is 11.4 Å². The van der Waals surface area contributed by atoms with Crippen LogP contribution in [0.1, 0.15) is 49.6 Å². The third kappa shape index (κ3) is 2.66. The Balaban J connectivity index is 1.81. The number of nitrogens with one attached hydrogen (secondary N) is 2. The van der Waals surface area contributed by atoms with Crippen LogP contribution in [-0.2, 0) is 0 Å². The maximum Gasteiger partial charge on any atom is 0.224 e. The lowest BCUT2D eigenvalue weighted by atomic mass is 10.00. The molecule has 0 bridgehead atoms. The van der Waals surface area contributed by atoms with Crippen molar-refractivity contribution in [2.24, 2.45) is 0 Å². The second-order valence-electron chi connectivity index (χ2n) is 6.60. The van der Waals surface area contributed by atoms with Crippen molar-refractivity contribution >= 4 is 23.4 Å². The highest BCUT2D eigenvalue weighted by Gasteiger charge is 2.30. The SMILES string of the molecule is CCNc1nc(C)c2c(n1)N(C1CCCC1)CC(c1cc[nH]n1)=C2. The van der Waals surface area contributed by atoms with Gasteiger partial charge < -0.3 is 10.2 Å². The monoisotopic (exact) mass is 324 g/mol. The molecule has 0 aromatic carbocycles. The number of aryl methyl sites for hydroxylation is 1. The summed E-state index contributed by atoms with van der Waals surface area (Å²) in [6.07, 6.45) is 9.19. The van der Waals surface area contributed by atoms with E-state index >= 15 is 0 Å². The number of anilines is 2. The normalized spacial score (nSPS) is 17.8. The Morgan fingerprint density at radius 2 is 2.12 bits per heavy atom. The second-order valence-corrected chi connectivity index (χ2v) is 6.60. The van der Waals surface area contributed by atoms with Gasteiger partial charge in [0.25, 0.3) is 0 Å². The summed E-state index contributed by atoms with van der Waals surface area (Å²) in [6.45, 7) is 5.83. The number of fused-ring (bicyclic) bond motifs is 1. The van der Waals surface area contributed by atoms with Gasteiger partial charge in [-0.15, -0.1) is 0 Å². The quantitative estimate of drug-likeness (QED) is 0.903. The minimum Gasteiger partial charge on any atom is -0.354 e. The molecule has 0 amide bonds. The van der Waals surface area contributed by atoms with E-state index in [9.17, 15) is 0 Å². The first kappa shape index (κ1) is 15.2. The molecule has 2 aromatic rings. The van der Waals surface area contributed by atoms with Crippen LogP contribution in [0, 0.1) is 6.92 Å². The van der Waals surface area contributed by atoms with Crippen molar-refractivity contribution < 1.29 is 0 Å². The lowest BCUT2D eigenvalue weighted by Gasteiger charge is -2.35. The molecule has 1 aliphatic heterocycles. The van der Waals surface area contributed by atoms with Crippen LogP contribution in [0.2, 0.25) is 0 Å². The fourth-order valence-corrected chi connectivity index (χ4v) is 3.78. The first-order valence-electron chi connectivity index (χ1n) is 8.86. The van der Waals surface area contributed by atoms with Crippen LogP contribution in [0.5, 0.6) is 0 Å². The van der Waals surface area contributed by atoms with Crippen LogP contribution in [0.15, 0.2) is 12.3 Å². The lowest BCUT2D eigenvalue weighted by molar-refractivity contribution is 0.624. The van der Waals surface area contributed by atoms with Crippen LogP contribution in [0.4, 0.5) is 11.8 Å². The predicted molar refractivity (Wildman–Crippen MR) is 97.0 cm³/mol. The van der Waals surface area contributed by atoms with Gasteiger partial charge in [-0.05, 0) is 44.4 Å². The van der Waals surface area contributed by atoms with Crippen molar-refractivity contribution in [2.75, 3.05) is 23.3 Å². The molecule has 1 fully saturated rings. The van der Waals surface area contributed by atoms with Crippen molar-refractivity contribution in [3.8, 4) is 0 Å². The van der Waals surface area contributed by atoms with Gasteiger partial charge in [-0.3, -0.25) is 5.10 Å². The summed E-state index contributed by atoms with van der Waals surface area (Å²) in [6, 6.07) is 2.60. The van der Waals surface area contributed by atoms with Gasteiger partial charge in [0.2, 0.25) is 5.95 Å². The minimum absolute atomic E-state index is 0.565. The minimum atomic E-state index is 0.565. The van der Waals surface area contributed by atoms with E-state index in [1.54, 1.807) is 0 Å². The number of rotatable bonds is 4. The molecular formula is C18H24N6. The van der Waals surface area contributed by atoms with Gasteiger partial charge in [0, 0.05) is 30.9 Å². The number of H-pyrrole nitrogens is 1. The third-order valence-corrected chi connectivity index (χ3v) is 4.98. The topological polar surface area (TPSA) is 69.7 Å². The van der Waals surface area contributed by atoms with Gasteiger partial charge >= 0.3 is 0 Å². The molecule has 126 valence electrons. The van der Waals surface area contributed by atoms with E-state index < -0.39 is 0 Å². The van der Waals surface area contributed by atoms with Crippen molar-refractivity contribution in [3.63, 3.8) is 0 Å². The molecule has 24 heavy (non-hydrogen) atoms. The fraction of sp³-hybridized carbons (Fsp3) is 0.500. The van der Waals surface area contributed by atoms with Crippen molar-refractivity contribution in [2.45, 2.75) is 45.6 Å². The van der Waals surface area contributed by atoms with Gasteiger partial charge in [-0.1, -0.05) is 12.8 Å². The molecule has 0 radical (unpaired) electrons. The fourth-order valence-electron chi connectivity index (χ4n) is 3.78.